The van der Waals surface area contributed by atoms with Crippen molar-refractivity contribution in [2.75, 3.05) is 6.54 Å². The van der Waals surface area contributed by atoms with Gasteiger partial charge in [-0.2, -0.15) is 0 Å². The second-order valence-corrected chi connectivity index (χ2v) is 6.33. The third-order valence-electron chi connectivity index (χ3n) is 4.11. The lowest BCUT2D eigenvalue weighted by Gasteiger charge is -2.36. The first kappa shape index (κ1) is 14.9. The first-order valence-electron chi connectivity index (χ1n) is 7.12. The fourth-order valence-electron chi connectivity index (χ4n) is 2.93. The van der Waals surface area contributed by atoms with E-state index < -0.39 is 0 Å². The standard InChI is InChI=1S/C17H18Cl2N2/c18-16-6-5-12(7-17(16)19)10-21-11-14-4-2-1-3-13(14)8-15(21)9-20/h1-7,15H,8-11,20H2. The smallest absolute Gasteiger partial charge is 0.0595 e. The number of rotatable bonds is 3. The molecule has 2 nitrogen and oxygen atoms in total. The van der Waals surface area contributed by atoms with Crippen LogP contribution in [-0.2, 0) is 19.5 Å². The number of hydrogen-bond acceptors (Lipinski definition) is 2. The molecule has 1 heterocycles. The molecule has 4 heteroatoms. The van der Waals surface area contributed by atoms with Crippen LogP contribution in [-0.4, -0.2) is 17.5 Å². The van der Waals surface area contributed by atoms with Crippen LogP contribution in [0.2, 0.25) is 10.0 Å². The second kappa shape index (κ2) is 6.37. The van der Waals surface area contributed by atoms with Crippen LogP contribution in [0, 0.1) is 0 Å². The molecular weight excluding hydrogens is 303 g/mol. The minimum Gasteiger partial charge on any atom is -0.329 e. The Labute approximate surface area is 135 Å². The maximum Gasteiger partial charge on any atom is 0.0595 e. The molecule has 2 aromatic carbocycles. The van der Waals surface area contributed by atoms with Crippen LogP contribution in [0.15, 0.2) is 42.5 Å². The van der Waals surface area contributed by atoms with Crippen molar-refractivity contribution in [3.8, 4) is 0 Å². The van der Waals surface area contributed by atoms with Crippen LogP contribution in [0.4, 0.5) is 0 Å². The molecule has 0 aromatic heterocycles. The van der Waals surface area contributed by atoms with Crippen LogP contribution in [0.25, 0.3) is 0 Å². The van der Waals surface area contributed by atoms with Crippen molar-refractivity contribution in [3.05, 3.63) is 69.2 Å². The Morgan fingerprint density at radius 1 is 1.05 bits per heavy atom. The largest absolute Gasteiger partial charge is 0.329 e. The van der Waals surface area contributed by atoms with E-state index in [-0.39, 0.29) is 0 Å². The van der Waals surface area contributed by atoms with E-state index in [9.17, 15) is 0 Å². The molecule has 0 spiro atoms. The summed E-state index contributed by atoms with van der Waals surface area (Å²) in [7, 11) is 0. The van der Waals surface area contributed by atoms with E-state index >= 15 is 0 Å². The first-order valence-corrected chi connectivity index (χ1v) is 7.88. The zero-order chi connectivity index (χ0) is 14.8. The van der Waals surface area contributed by atoms with Crippen molar-refractivity contribution in [2.24, 2.45) is 5.73 Å². The molecule has 0 aliphatic carbocycles. The molecule has 0 saturated heterocycles. The summed E-state index contributed by atoms with van der Waals surface area (Å²) >= 11 is 12.1. The van der Waals surface area contributed by atoms with Crippen molar-refractivity contribution < 1.29 is 0 Å². The predicted molar refractivity (Wildman–Crippen MR) is 88.7 cm³/mol. The van der Waals surface area contributed by atoms with Gasteiger partial charge in [0.15, 0.2) is 0 Å². The molecule has 0 saturated carbocycles. The molecule has 110 valence electrons. The van der Waals surface area contributed by atoms with E-state index in [2.05, 4.69) is 29.2 Å². The van der Waals surface area contributed by atoms with Gasteiger partial charge in [-0.05, 0) is 35.2 Å². The third kappa shape index (κ3) is 3.24. The SMILES string of the molecule is NCC1Cc2ccccc2CN1Cc1ccc(Cl)c(Cl)c1. The van der Waals surface area contributed by atoms with Gasteiger partial charge in [0, 0.05) is 25.7 Å². The summed E-state index contributed by atoms with van der Waals surface area (Å²) in [5, 5.41) is 1.20. The van der Waals surface area contributed by atoms with Crippen LogP contribution in [0.5, 0.6) is 0 Å². The number of hydrogen-bond donors (Lipinski definition) is 1. The Hall–Kier alpha value is -1.06. The van der Waals surface area contributed by atoms with Crippen LogP contribution < -0.4 is 5.73 Å². The number of nitrogens with two attached hydrogens (primary N) is 1. The Kier molecular flexibility index (Phi) is 4.51. The molecule has 1 atom stereocenters. The quantitative estimate of drug-likeness (QED) is 0.929. The van der Waals surface area contributed by atoms with Crippen molar-refractivity contribution >= 4 is 23.2 Å². The monoisotopic (exact) mass is 320 g/mol. The molecule has 1 aliphatic heterocycles. The second-order valence-electron chi connectivity index (χ2n) is 5.52. The van der Waals surface area contributed by atoms with Gasteiger partial charge in [-0.3, -0.25) is 4.90 Å². The number of nitrogens with zero attached hydrogens (tertiary/aromatic N) is 1. The predicted octanol–water partition coefficient (Wildman–Crippen LogP) is 3.88. The Balaban J connectivity index is 1.82. The first-order chi connectivity index (χ1) is 10.2. The Morgan fingerprint density at radius 2 is 1.81 bits per heavy atom. The number of fused-ring (bicyclic) bond motifs is 1. The van der Waals surface area contributed by atoms with Crippen molar-refractivity contribution in [2.45, 2.75) is 25.6 Å². The summed E-state index contributed by atoms with van der Waals surface area (Å²) in [6.45, 7) is 2.43. The summed E-state index contributed by atoms with van der Waals surface area (Å²) in [5.74, 6) is 0. The molecular formula is C17H18Cl2N2. The van der Waals surface area contributed by atoms with E-state index in [0.717, 1.165) is 19.5 Å². The van der Waals surface area contributed by atoms with Gasteiger partial charge in [0.2, 0.25) is 0 Å². The lowest BCUT2D eigenvalue weighted by atomic mass is 9.93. The molecule has 0 amide bonds. The van der Waals surface area contributed by atoms with E-state index in [1.54, 1.807) is 0 Å². The highest BCUT2D eigenvalue weighted by Gasteiger charge is 2.24. The lowest BCUT2D eigenvalue weighted by molar-refractivity contribution is 0.167. The topological polar surface area (TPSA) is 29.3 Å². The third-order valence-corrected chi connectivity index (χ3v) is 4.84. The minimum absolute atomic E-state index is 0.370. The number of benzene rings is 2. The van der Waals surface area contributed by atoms with E-state index in [1.165, 1.54) is 16.7 Å². The van der Waals surface area contributed by atoms with Gasteiger partial charge in [0.05, 0.1) is 10.0 Å². The average molecular weight is 321 g/mol. The average Bonchev–Trinajstić information content (AvgIpc) is 2.50. The van der Waals surface area contributed by atoms with Gasteiger partial charge in [-0.1, -0.05) is 53.5 Å². The van der Waals surface area contributed by atoms with E-state index in [0.29, 0.717) is 22.6 Å². The summed E-state index contributed by atoms with van der Waals surface area (Å²) in [6, 6.07) is 14.8. The van der Waals surface area contributed by atoms with Gasteiger partial charge < -0.3 is 5.73 Å². The molecule has 21 heavy (non-hydrogen) atoms. The summed E-state index contributed by atoms with van der Waals surface area (Å²) in [5.41, 5.74) is 9.94. The molecule has 2 N–H and O–H groups in total. The molecule has 2 aromatic rings. The van der Waals surface area contributed by atoms with Gasteiger partial charge >= 0.3 is 0 Å². The molecule has 0 bridgehead atoms. The maximum absolute atomic E-state index is 6.11. The fraction of sp³-hybridized carbons (Fsp3) is 0.294. The molecule has 1 aliphatic rings. The van der Waals surface area contributed by atoms with Crippen molar-refractivity contribution in [1.29, 1.82) is 0 Å². The Bertz CT molecular complexity index is 642. The normalized spacial score (nSPS) is 18.5. The number of halogens is 2. The summed E-state index contributed by atoms with van der Waals surface area (Å²) < 4.78 is 0. The zero-order valence-corrected chi connectivity index (χ0v) is 13.2. The molecule has 3 rings (SSSR count). The van der Waals surface area contributed by atoms with Gasteiger partial charge in [0.25, 0.3) is 0 Å². The summed E-state index contributed by atoms with van der Waals surface area (Å²) in [6.07, 6.45) is 1.01. The van der Waals surface area contributed by atoms with Crippen LogP contribution in [0.1, 0.15) is 16.7 Å². The zero-order valence-electron chi connectivity index (χ0n) is 11.7. The van der Waals surface area contributed by atoms with E-state index in [4.69, 9.17) is 28.9 Å². The van der Waals surface area contributed by atoms with Crippen LogP contribution in [0.3, 0.4) is 0 Å². The maximum atomic E-state index is 6.11. The Morgan fingerprint density at radius 3 is 2.52 bits per heavy atom. The summed E-state index contributed by atoms with van der Waals surface area (Å²) in [4.78, 5) is 2.42. The molecule has 0 fully saturated rings. The van der Waals surface area contributed by atoms with Gasteiger partial charge in [0.1, 0.15) is 0 Å². The highest BCUT2D eigenvalue weighted by molar-refractivity contribution is 6.42. The fourth-order valence-corrected chi connectivity index (χ4v) is 3.25. The van der Waals surface area contributed by atoms with Gasteiger partial charge in [-0.15, -0.1) is 0 Å². The molecule has 1 unspecified atom stereocenters. The van der Waals surface area contributed by atoms with Gasteiger partial charge in [-0.25, -0.2) is 0 Å². The lowest BCUT2D eigenvalue weighted by Crippen LogP contribution is -2.44. The van der Waals surface area contributed by atoms with Crippen molar-refractivity contribution in [3.63, 3.8) is 0 Å². The minimum atomic E-state index is 0.370. The highest BCUT2D eigenvalue weighted by atomic mass is 35.5. The van der Waals surface area contributed by atoms with Crippen LogP contribution >= 0.6 is 23.2 Å². The highest BCUT2D eigenvalue weighted by Crippen LogP contribution is 2.27. The van der Waals surface area contributed by atoms with Crippen molar-refractivity contribution in [1.82, 2.24) is 4.90 Å². The van der Waals surface area contributed by atoms with E-state index in [1.807, 2.05) is 18.2 Å². The molecule has 0 radical (unpaired) electrons.